The van der Waals surface area contributed by atoms with Crippen molar-refractivity contribution in [1.82, 2.24) is 5.32 Å². The molecule has 3 unspecified atom stereocenters. The van der Waals surface area contributed by atoms with E-state index in [4.69, 9.17) is 9.05 Å². The molecule has 0 aliphatic heterocycles. The quantitative estimate of drug-likeness (QED) is 0.0245. The topological polar surface area (TPSA) is 105 Å². The highest BCUT2D eigenvalue weighted by Gasteiger charge is 2.27. The van der Waals surface area contributed by atoms with Crippen molar-refractivity contribution in [2.45, 2.75) is 225 Å². The molecule has 0 aromatic heterocycles. The number of carbonyl (C=O) groups is 1. The second-order valence-electron chi connectivity index (χ2n) is 17.5. The Kier molecular flexibility index (Phi) is 39.2. The van der Waals surface area contributed by atoms with Gasteiger partial charge in [0, 0.05) is 6.42 Å². The zero-order valence-corrected chi connectivity index (χ0v) is 39.0. The standard InChI is InChI=1S/C48H93N2O6P/c1-6-8-10-12-14-16-18-20-22-23-24-25-26-28-29-31-33-35-37-39-41-47(51)46(45-56-57(53,54)55-44-43-50(3,4)5)49-48(52)42-40-38-36-34-32-30-27-21-19-17-15-13-11-9-7-2/h15,17,21,27,39,41,46-47,51H,6-14,16,18-20,22-26,28-38,40,42-45H2,1-5H3,(H-,49,52,53,54)/p+1/b17-15-,27-21-,41-39+. The number of allylic oxidation sites excluding steroid dienone is 5. The Morgan fingerprint density at radius 1 is 0.596 bits per heavy atom. The number of likely N-dealkylation sites (N-methyl/N-ethyl adjacent to an activating group) is 1. The molecule has 8 nitrogen and oxygen atoms in total. The van der Waals surface area contributed by atoms with Gasteiger partial charge in [-0.25, -0.2) is 4.57 Å². The van der Waals surface area contributed by atoms with Crippen LogP contribution in [-0.2, 0) is 18.4 Å². The van der Waals surface area contributed by atoms with E-state index in [9.17, 15) is 19.4 Å². The van der Waals surface area contributed by atoms with Crippen LogP contribution in [0.25, 0.3) is 0 Å². The fourth-order valence-corrected chi connectivity index (χ4v) is 7.51. The summed E-state index contributed by atoms with van der Waals surface area (Å²) in [5, 5.41) is 13.8. The third kappa shape index (κ3) is 42.6. The Hall–Kier alpha value is -1.28. The van der Waals surface area contributed by atoms with Gasteiger partial charge in [-0.15, -0.1) is 0 Å². The van der Waals surface area contributed by atoms with Gasteiger partial charge in [0.25, 0.3) is 0 Å². The summed E-state index contributed by atoms with van der Waals surface area (Å²) in [5.41, 5.74) is 0. The predicted molar refractivity (Wildman–Crippen MR) is 244 cm³/mol. The van der Waals surface area contributed by atoms with Crippen molar-refractivity contribution in [3.05, 3.63) is 36.5 Å². The maximum atomic E-state index is 12.9. The molecule has 0 rings (SSSR count). The van der Waals surface area contributed by atoms with Crippen molar-refractivity contribution in [2.75, 3.05) is 40.9 Å². The zero-order chi connectivity index (χ0) is 42.1. The van der Waals surface area contributed by atoms with Crippen molar-refractivity contribution in [1.29, 1.82) is 0 Å². The van der Waals surface area contributed by atoms with Crippen LogP contribution < -0.4 is 5.32 Å². The summed E-state index contributed by atoms with van der Waals surface area (Å²) in [6.45, 7) is 4.78. The highest BCUT2D eigenvalue weighted by molar-refractivity contribution is 7.47. The van der Waals surface area contributed by atoms with Crippen LogP contribution in [0.1, 0.15) is 213 Å². The van der Waals surface area contributed by atoms with Gasteiger partial charge in [-0.05, 0) is 51.4 Å². The second kappa shape index (κ2) is 40.1. The first-order chi connectivity index (χ1) is 27.5. The fraction of sp³-hybridized carbons (Fsp3) is 0.854. The molecular weight excluding hydrogens is 732 g/mol. The molecule has 0 saturated heterocycles. The monoisotopic (exact) mass is 826 g/mol. The molecule has 336 valence electrons. The lowest BCUT2D eigenvalue weighted by Gasteiger charge is -2.25. The van der Waals surface area contributed by atoms with Gasteiger partial charge in [-0.3, -0.25) is 13.8 Å². The van der Waals surface area contributed by atoms with E-state index in [1.165, 1.54) is 128 Å². The summed E-state index contributed by atoms with van der Waals surface area (Å²) in [5.74, 6) is -0.191. The number of quaternary nitrogens is 1. The molecule has 0 fully saturated rings. The number of aliphatic hydroxyl groups is 1. The molecule has 0 aliphatic rings. The van der Waals surface area contributed by atoms with Gasteiger partial charge in [-0.2, -0.15) is 0 Å². The van der Waals surface area contributed by atoms with Crippen LogP contribution in [0.3, 0.4) is 0 Å². The largest absolute Gasteiger partial charge is 0.472 e. The van der Waals surface area contributed by atoms with E-state index in [1.54, 1.807) is 6.08 Å². The minimum Gasteiger partial charge on any atom is -0.387 e. The smallest absolute Gasteiger partial charge is 0.387 e. The number of hydrogen-bond donors (Lipinski definition) is 3. The van der Waals surface area contributed by atoms with Crippen LogP contribution in [-0.4, -0.2) is 73.4 Å². The SMILES string of the molecule is CCCCC/C=C\C/C=C\CCCCCCCC(=O)NC(COP(=O)(O)OCC[N+](C)(C)C)C(O)/C=C/CCCCCCCCCCCCCCCCCCCC. The van der Waals surface area contributed by atoms with E-state index in [-0.39, 0.29) is 19.1 Å². The number of carbonyl (C=O) groups excluding carboxylic acids is 1. The van der Waals surface area contributed by atoms with Gasteiger partial charge >= 0.3 is 7.82 Å². The van der Waals surface area contributed by atoms with Crippen LogP contribution >= 0.6 is 7.82 Å². The molecule has 0 radical (unpaired) electrons. The number of phosphoric ester groups is 1. The number of nitrogens with zero attached hydrogens (tertiary/aromatic N) is 1. The average molecular weight is 826 g/mol. The van der Waals surface area contributed by atoms with E-state index in [1.807, 2.05) is 27.2 Å². The summed E-state index contributed by atoms with van der Waals surface area (Å²) in [4.78, 5) is 23.1. The van der Waals surface area contributed by atoms with E-state index in [0.717, 1.165) is 64.2 Å². The van der Waals surface area contributed by atoms with E-state index < -0.39 is 20.0 Å². The third-order valence-electron chi connectivity index (χ3n) is 10.6. The zero-order valence-electron chi connectivity index (χ0n) is 38.1. The maximum Gasteiger partial charge on any atom is 0.472 e. The van der Waals surface area contributed by atoms with Crippen molar-refractivity contribution in [3.63, 3.8) is 0 Å². The lowest BCUT2D eigenvalue weighted by atomic mass is 10.0. The highest BCUT2D eigenvalue weighted by Crippen LogP contribution is 2.43. The molecule has 57 heavy (non-hydrogen) atoms. The van der Waals surface area contributed by atoms with Crippen LogP contribution in [0.2, 0.25) is 0 Å². The molecule has 3 N–H and O–H groups in total. The van der Waals surface area contributed by atoms with Crippen molar-refractivity contribution < 1.29 is 32.9 Å². The first kappa shape index (κ1) is 55.7. The molecule has 0 aromatic carbocycles. The lowest BCUT2D eigenvalue weighted by Crippen LogP contribution is -2.45. The predicted octanol–water partition coefficient (Wildman–Crippen LogP) is 13.5. The van der Waals surface area contributed by atoms with E-state index in [0.29, 0.717) is 17.4 Å². The number of nitrogens with one attached hydrogen (secondary N) is 1. The van der Waals surface area contributed by atoms with E-state index in [2.05, 4.69) is 43.5 Å². The number of aliphatic hydroxyl groups excluding tert-OH is 1. The molecule has 0 heterocycles. The molecule has 0 spiro atoms. The summed E-state index contributed by atoms with van der Waals surface area (Å²) in [7, 11) is 1.56. The molecule has 0 bridgehead atoms. The highest BCUT2D eigenvalue weighted by atomic mass is 31.2. The van der Waals surface area contributed by atoms with Gasteiger partial charge in [0.1, 0.15) is 13.2 Å². The van der Waals surface area contributed by atoms with Crippen LogP contribution in [0.5, 0.6) is 0 Å². The molecule has 0 aromatic rings. The number of hydrogen-bond acceptors (Lipinski definition) is 5. The molecular formula is C48H94N2O6P+. The van der Waals surface area contributed by atoms with Crippen LogP contribution in [0.15, 0.2) is 36.5 Å². The Bertz CT molecular complexity index is 1030. The molecule has 3 atom stereocenters. The summed E-state index contributed by atoms with van der Waals surface area (Å²) in [6.07, 6.45) is 49.3. The Morgan fingerprint density at radius 2 is 1.00 bits per heavy atom. The molecule has 9 heteroatoms. The van der Waals surface area contributed by atoms with Crippen LogP contribution in [0.4, 0.5) is 0 Å². The summed E-state index contributed by atoms with van der Waals surface area (Å²) in [6, 6.07) is -0.852. The van der Waals surface area contributed by atoms with Crippen molar-refractivity contribution in [2.24, 2.45) is 0 Å². The van der Waals surface area contributed by atoms with Crippen molar-refractivity contribution >= 4 is 13.7 Å². The van der Waals surface area contributed by atoms with E-state index >= 15 is 0 Å². The van der Waals surface area contributed by atoms with Gasteiger partial charge in [-0.1, -0.05) is 192 Å². The second-order valence-corrected chi connectivity index (χ2v) is 18.9. The average Bonchev–Trinajstić information content (AvgIpc) is 3.16. The molecule has 0 aliphatic carbocycles. The number of unbranched alkanes of at least 4 members (excludes halogenated alkanes) is 26. The minimum atomic E-state index is -4.34. The third-order valence-corrected chi connectivity index (χ3v) is 11.6. The number of rotatable bonds is 43. The fourth-order valence-electron chi connectivity index (χ4n) is 6.78. The Labute approximate surface area is 353 Å². The van der Waals surface area contributed by atoms with Crippen LogP contribution in [0, 0.1) is 0 Å². The summed E-state index contributed by atoms with van der Waals surface area (Å²) >= 11 is 0. The van der Waals surface area contributed by atoms with Gasteiger partial charge < -0.3 is 19.8 Å². The number of phosphoric acid groups is 1. The van der Waals surface area contributed by atoms with Crippen molar-refractivity contribution in [3.8, 4) is 0 Å². The maximum absolute atomic E-state index is 12.9. The molecule has 1 amide bonds. The lowest BCUT2D eigenvalue weighted by molar-refractivity contribution is -0.870. The number of amides is 1. The minimum absolute atomic E-state index is 0.0585. The van der Waals surface area contributed by atoms with Gasteiger partial charge in [0.15, 0.2) is 0 Å². The molecule has 0 saturated carbocycles. The van der Waals surface area contributed by atoms with Gasteiger partial charge in [0.2, 0.25) is 5.91 Å². The Morgan fingerprint density at radius 3 is 1.47 bits per heavy atom. The first-order valence-corrected chi connectivity index (χ1v) is 25.4. The summed E-state index contributed by atoms with van der Waals surface area (Å²) < 4.78 is 23.6. The normalized spacial score (nSPS) is 14.6. The first-order valence-electron chi connectivity index (χ1n) is 23.9. The Balaban J connectivity index is 4.38. The van der Waals surface area contributed by atoms with Gasteiger partial charge in [0.05, 0.1) is 39.9 Å².